The molecule has 0 fully saturated rings. The maximum Gasteiger partial charge on any atom is 0.0635 e. The zero-order chi connectivity index (χ0) is 14.1. The Hall–Kier alpha value is -1.67. The SMILES string of the molecule is CC1CCc2ccccc2N1Cc1ccc(Cl)c(N)c1. The lowest BCUT2D eigenvalue weighted by atomic mass is 9.96. The molecule has 0 saturated carbocycles. The molecule has 1 aliphatic rings. The lowest BCUT2D eigenvalue weighted by Gasteiger charge is -2.37. The summed E-state index contributed by atoms with van der Waals surface area (Å²) >= 11 is 5.99. The molecule has 0 aliphatic carbocycles. The van der Waals surface area contributed by atoms with E-state index in [1.54, 1.807) is 0 Å². The number of aryl methyl sites for hydroxylation is 1. The second-order valence-electron chi connectivity index (χ2n) is 5.50. The van der Waals surface area contributed by atoms with E-state index in [2.05, 4.69) is 42.2 Å². The standard InChI is InChI=1S/C17H19ClN2/c1-12-6-8-14-4-2-3-5-17(14)20(12)11-13-7-9-15(18)16(19)10-13/h2-5,7,9-10,12H,6,8,11,19H2,1H3. The third kappa shape index (κ3) is 2.48. The second kappa shape index (κ2) is 5.37. The Balaban J connectivity index is 1.91. The summed E-state index contributed by atoms with van der Waals surface area (Å²) in [5.41, 5.74) is 10.5. The van der Waals surface area contributed by atoms with Crippen LogP contribution in [0, 0.1) is 0 Å². The van der Waals surface area contributed by atoms with Gasteiger partial charge in [0.05, 0.1) is 10.7 Å². The number of halogens is 1. The van der Waals surface area contributed by atoms with Crippen molar-refractivity contribution in [2.45, 2.75) is 32.4 Å². The molecule has 1 unspecified atom stereocenters. The minimum absolute atomic E-state index is 0.543. The molecule has 3 rings (SSSR count). The van der Waals surface area contributed by atoms with Crippen molar-refractivity contribution in [3.8, 4) is 0 Å². The lowest BCUT2D eigenvalue weighted by molar-refractivity contribution is 0.560. The number of anilines is 2. The summed E-state index contributed by atoms with van der Waals surface area (Å²) in [6.07, 6.45) is 2.36. The van der Waals surface area contributed by atoms with E-state index in [4.69, 9.17) is 17.3 Å². The number of hydrogen-bond acceptors (Lipinski definition) is 2. The molecule has 2 aromatic carbocycles. The molecule has 0 saturated heterocycles. The van der Waals surface area contributed by atoms with E-state index in [1.807, 2.05) is 12.1 Å². The van der Waals surface area contributed by atoms with E-state index in [9.17, 15) is 0 Å². The number of benzene rings is 2. The van der Waals surface area contributed by atoms with E-state index >= 15 is 0 Å². The summed E-state index contributed by atoms with van der Waals surface area (Å²) in [5, 5.41) is 0.626. The van der Waals surface area contributed by atoms with Crippen molar-refractivity contribution < 1.29 is 0 Å². The van der Waals surface area contributed by atoms with Crippen LogP contribution in [0.5, 0.6) is 0 Å². The van der Waals surface area contributed by atoms with Crippen LogP contribution < -0.4 is 10.6 Å². The van der Waals surface area contributed by atoms with Crippen LogP contribution >= 0.6 is 11.6 Å². The first-order valence-corrected chi connectivity index (χ1v) is 7.41. The van der Waals surface area contributed by atoms with E-state index < -0.39 is 0 Å². The monoisotopic (exact) mass is 286 g/mol. The number of nitrogens with zero attached hydrogens (tertiary/aromatic N) is 1. The van der Waals surface area contributed by atoms with Crippen LogP contribution in [0.3, 0.4) is 0 Å². The second-order valence-corrected chi connectivity index (χ2v) is 5.91. The normalized spacial score (nSPS) is 17.9. The van der Waals surface area contributed by atoms with E-state index in [0.29, 0.717) is 16.8 Å². The Morgan fingerprint density at radius 2 is 2.05 bits per heavy atom. The Morgan fingerprint density at radius 1 is 1.25 bits per heavy atom. The highest BCUT2D eigenvalue weighted by Crippen LogP contribution is 2.32. The molecular formula is C17H19ClN2. The van der Waals surface area contributed by atoms with Gasteiger partial charge in [-0.3, -0.25) is 0 Å². The molecule has 0 spiro atoms. The fourth-order valence-corrected chi connectivity index (χ4v) is 3.01. The van der Waals surface area contributed by atoms with Gasteiger partial charge in [0.15, 0.2) is 0 Å². The largest absolute Gasteiger partial charge is 0.398 e. The first-order chi connectivity index (χ1) is 9.65. The van der Waals surface area contributed by atoms with Gasteiger partial charge in [0, 0.05) is 18.3 Å². The average molecular weight is 287 g/mol. The molecule has 0 amide bonds. The van der Waals surface area contributed by atoms with Gasteiger partial charge in [-0.2, -0.15) is 0 Å². The van der Waals surface area contributed by atoms with Crippen molar-refractivity contribution in [2.75, 3.05) is 10.6 Å². The topological polar surface area (TPSA) is 29.3 Å². The van der Waals surface area contributed by atoms with Crippen LogP contribution in [0.4, 0.5) is 11.4 Å². The molecule has 1 atom stereocenters. The van der Waals surface area contributed by atoms with Crippen LogP contribution in [-0.2, 0) is 13.0 Å². The lowest BCUT2D eigenvalue weighted by Crippen LogP contribution is -2.36. The Labute approximate surface area is 125 Å². The summed E-state index contributed by atoms with van der Waals surface area (Å²) < 4.78 is 0. The van der Waals surface area contributed by atoms with Crippen molar-refractivity contribution in [3.05, 3.63) is 58.6 Å². The minimum atomic E-state index is 0.543. The highest BCUT2D eigenvalue weighted by atomic mass is 35.5. The summed E-state index contributed by atoms with van der Waals surface area (Å²) in [6, 6.07) is 15.1. The highest BCUT2D eigenvalue weighted by molar-refractivity contribution is 6.33. The van der Waals surface area contributed by atoms with Gasteiger partial charge in [-0.15, -0.1) is 0 Å². The van der Waals surface area contributed by atoms with Crippen molar-refractivity contribution in [1.82, 2.24) is 0 Å². The van der Waals surface area contributed by atoms with Crippen molar-refractivity contribution >= 4 is 23.0 Å². The molecular weight excluding hydrogens is 268 g/mol. The smallest absolute Gasteiger partial charge is 0.0635 e. The number of nitrogen functional groups attached to an aromatic ring is 1. The number of fused-ring (bicyclic) bond motifs is 1. The molecule has 2 N–H and O–H groups in total. The summed E-state index contributed by atoms with van der Waals surface area (Å²) in [7, 11) is 0. The molecule has 3 heteroatoms. The molecule has 1 heterocycles. The van der Waals surface area contributed by atoms with Gasteiger partial charge in [0.25, 0.3) is 0 Å². The Kier molecular flexibility index (Phi) is 3.58. The molecule has 20 heavy (non-hydrogen) atoms. The van der Waals surface area contributed by atoms with Crippen LogP contribution in [0.2, 0.25) is 5.02 Å². The number of rotatable bonds is 2. The van der Waals surface area contributed by atoms with E-state index in [0.717, 1.165) is 13.0 Å². The van der Waals surface area contributed by atoms with Gasteiger partial charge in [0.2, 0.25) is 0 Å². The summed E-state index contributed by atoms with van der Waals surface area (Å²) in [5.74, 6) is 0. The van der Waals surface area contributed by atoms with Crippen LogP contribution in [0.1, 0.15) is 24.5 Å². The number of para-hydroxylation sites is 1. The van der Waals surface area contributed by atoms with E-state index in [1.165, 1.54) is 23.2 Å². The van der Waals surface area contributed by atoms with Gasteiger partial charge < -0.3 is 10.6 Å². The average Bonchev–Trinajstić information content (AvgIpc) is 2.46. The van der Waals surface area contributed by atoms with Crippen molar-refractivity contribution in [3.63, 3.8) is 0 Å². The van der Waals surface area contributed by atoms with Gasteiger partial charge in [-0.1, -0.05) is 35.9 Å². The van der Waals surface area contributed by atoms with Gasteiger partial charge in [0.1, 0.15) is 0 Å². The zero-order valence-corrected chi connectivity index (χ0v) is 12.4. The van der Waals surface area contributed by atoms with E-state index in [-0.39, 0.29) is 0 Å². The maximum atomic E-state index is 5.99. The quantitative estimate of drug-likeness (QED) is 0.836. The Morgan fingerprint density at radius 3 is 2.85 bits per heavy atom. The number of nitrogens with two attached hydrogens (primary N) is 1. The predicted molar refractivity (Wildman–Crippen MR) is 86.3 cm³/mol. The molecule has 1 aliphatic heterocycles. The molecule has 2 aromatic rings. The third-order valence-corrected chi connectivity index (χ3v) is 4.42. The fraction of sp³-hybridized carbons (Fsp3) is 0.294. The van der Waals surface area contributed by atoms with Crippen LogP contribution in [0.15, 0.2) is 42.5 Å². The molecule has 104 valence electrons. The Bertz CT molecular complexity index is 624. The van der Waals surface area contributed by atoms with Crippen molar-refractivity contribution in [2.24, 2.45) is 0 Å². The summed E-state index contributed by atoms with van der Waals surface area (Å²) in [4.78, 5) is 2.46. The maximum absolute atomic E-state index is 5.99. The van der Waals surface area contributed by atoms with Gasteiger partial charge >= 0.3 is 0 Å². The third-order valence-electron chi connectivity index (χ3n) is 4.08. The van der Waals surface area contributed by atoms with Crippen LogP contribution in [-0.4, -0.2) is 6.04 Å². The van der Waals surface area contributed by atoms with Crippen LogP contribution in [0.25, 0.3) is 0 Å². The van der Waals surface area contributed by atoms with Gasteiger partial charge in [-0.05, 0) is 49.1 Å². The van der Waals surface area contributed by atoms with Gasteiger partial charge in [-0.25, -0.2) is 0 Å². The fourth-order valence-electron chi connectivity index (χ4n) is 2.89. The zero-order valence-electron chi connectivity index (χ0n) is 11.6. The molecule has 0 bridgehead atoms. The molecule has 0 radical (unpaired) electrons. The molecule has 0 aromatic heterocycles. The predicted octanol–water partition coefficient (Wildman–Crippen LogP) is 4.26. The summed E-state index contributed by atoms with van der Waals surface area (Å²) in [6.45, 7) is 3.16. The minimum Gasteiger partial charge on any atom is -0.398 e. The highest BCUT2D eigenvalue weighted by Gasteiger charge is 2.22. The van der Waals surface area contributed by atoms with Crippen molar-refractivity contribution in [1.29, 1.82) is 0 Å². The first-order valence-electron chi connectivity index (χ1n) is 7.03. The number of hydrogen-bond donors (Lipinski definition) is 1. The first kappa shape index (κ1) is 13.3. The molecule has 2 nitrogen and oxygen atoms in total.